The van der Waals surface area contributed by atoms with Gasteiger partial charge in [-0.25, -0.2) is 0 Å². The highest BCUT2D eigenvalue weighted by molar-refractivity contribution is 6.35. The summed E-state index contributed by atoms with van der Waals surface area (Å²) in [5, 5.41) is 3.24. The zero-order valence-corrected chi connectivity index (χ0v) is 11.8. The van der Waals surface area contributed by atoms with Gasteiger partial charge >= 0.3 is 0 Å². The summed E-state index contributed by atoms with van der Waals surface area (Å²) in [6.45, 7) is 0. The summed E-state index contributed by atoms with van der Waals surface area (Å²) in [5.41, 5.74) is -0.135. The molecular formula is C13H9Cl2NO4. The molecule has 1 aromatic heterocycles. The summed E-state index contributed by atoms with van der Waals surface area (Å²) in [6.07, 6.45) is 1.07. The minimum Gasteiger partial charge on any atom is -0.490 e. The maximum Gasteiger partial charge on any atom is 0.291 e. The molecule has 0 aliphatic rings. The fraction of sp³-hybridized carbons (Fsp3) is 0.0769. The molecule has 2 rings (SSSR count). The SMILES string of the molecule is COc1coc(C(=O)Nc2cc(Cl)ccc2Cl)cc1=O. The molecule has 1 amide bonds. The third kappa shape index (κ3) is 3.12. The lowest BCUT2D eigenvalue weighted by atomic mass is 10.3. The van der Waals surface area contributed by atoms with Crippen LogP contribution in [0.5, 0.6) is 5.75 Å². The first-order valence-corrected chi connectivity index (χ1v) is 6.20. The van der Waals surface area contributed by atoms with E-state index in [1.807, 2.05) is 0 Å². The summed E-state index contributed by atoms with van der Waals surface area (Å²) in [4.78, 5) is 23.5. The topological polar surface area (TPSA) is 68.5 Å². The normalized spacial score (nSPS) is 10.2. The number of halogens is 2. The van der Waals surface area contributed by atoms with Crippen LogP contribution in [0.25, 0.3) is 0 Å². The molecule has 7 heteroatoms. The average Bonchev–Trinajstić information content (AvgIpc) is 2.42. The van der Waals surface area contributed by atoms with Crippen LogP contribution in [0.15, 0.2) is 39.7 Å². The Kier molecular flexibility index (Phi) is 4.32. The molecule has 20 heavy (non-hydrogen) atoms. The number of hydrogen-bond acceptors (Lipinski definition) is 4. The van der Waals surface area contributed by atoms with E-state index in [-0.39, 0.29) is 11.5 Å². The predicted octanol–water partition coefficient (Wildman–Crippen LogP) is 3.21. The Morgan fingerprint density at radius 3 is 2.70 bits per heavy atom. The van der Waals surface area contributed by atoms with E-state index in [1.165, 1.54) is 13.2 Å². The molecule has 0 aliphatic heterocycles. The Balaban J connectivity index is 2.26. The molecule has 0 atom stereocenters. The molecular weight excluding hydrogens is 305 g/mol. The first-order valence-electron chi connectivity index (χ1n) is 5.44. The highest BCUT2D eigenvalue weighted by Gasteiger charge is 2.13. The zero-order chi connectivity index (χ0) is 14.7. The zero-order valence-electron chi connectivity index (χ0n) is 10.3. The largest absolute Gasteiger partial charge is 0.490 e. The van der Waals surface area contributed by atoms with Gasteiger partial charge in [-0.2, -0.15) is 0 Å². The van der Waals surface area contributed by atoms with E-state index in [0.29, 0.717) is 15.7 Å². The Morgan fingerprint density at radius 1 is 1.30 bits per heavy atom. The van der Waals surface area contributed by atoms with E-state index in [2.05, 4.69) is 5.32 Å². The molecule has 0 saturated carbocycles. The number of nitrogens with one attached hydrogen (secondary N) is 1. The minimum absolute atomic E-state index is 0.0161. The Hall–Kier alpha value is -1.98. The summed E-state index contributed by atoms with van der Waals surface area (Å²) in [6, 6.07) is 5.66. The van der Waals surface area contributed by atoms with Gasteiger partial charge in [0.1, 0.15) is 6.26 Å². The molecule has 2 aromatic rings. The second-order valence-electron chi connectivity index (χ2n) is 3.76. The molecule has 5 nitrogen and oxygen atoms in total. The van der Waals surface area contributed by atoms with E-state index in [0.717, 1.165) is 12.3 Å². The Morgan fingerprint density at radius 2 is 2.05 bits per heavy atom. The van der Waals surface area contributed by atoms with Crippen molar-refractivity contribution < 1.29 is 13.9 Å². The quantitative estimate of drug-likeness (QED) is 0.944. The molecule has 0 unspecified atom stereocenters. The lowest BCUT2D eigenvalue weighted by Crippen LogP contribution is -2.15. The first kappa shape index (κ1) is 14.4. The third-order valence-corrected chi connectivity index (χ3v) is 2.98. The Bertz CT molecular complexity index is 712. The highest BCUT2D eigenvalue weighted by Crippen LogP contribution is 2.25. The van der Waals surface area contributed by atoms with Crippen LogP contribution in [-0.2, 0) is 0 Å². The van der Waals surface area contributed by atoms with Crippen LogP contribution in [0.1, 0.15) is 10.6 Å². The van der Waals surface area contributed by atoms with Crippen molar-refractivity contribution in [2.45, 2.75) is 0 Å². The van der Waals surface area contributed by atoms with Crippen molar-refractivity contribution in [1.82, 2.24) is 0 Å². The number of carbonyl (C=O) groups is 1. The highest BCUT2D eigenvalue weighted by atomic mass is 35.5. The standard InChI is InChI=1S/C13H9Cl2NO4/c1-19-12-6-20-11(5-10(12)17)13(18)16-9-4-7(14)2-3-8(9)15/h2-6H,1H3,(H,16,18). The molecule has 0 aliphatic carbocycles. The van der Waals surface area contributed by atoms with Crippen LogP contribution in [-0.4, -0.2) is 13.0 Å². The number of ether oxygens (including phenoxy) is 1. The van der Waals surface area contributed by atoms with Gasteiger partial charge in [0, 0.05) is 11.1 Å². The van der Waals surface area contributed by atoms with Gasteiger partial charge in [-0.1, -0.05) is 23.2 Å². The first-order chi connectivity index (χ1) is 9.51. The second kappa shape index (κ2) is 5.98. The molecule has 0 radical (unpaired) electrons. The number of benzene rings is 1. The fourth-order valence-electron chi connectivity index (χ4n) is 1.44. The van der Waals surface area contributed by atoms with Crippen molar-refractivity contribution in [3.05, 3.63) is 56.6 Å². The number of amides is 1. The summed E-state index contributed by atoms with van der Waals surface area (Å²) in [7, 11) is 1.33. The van der Waals surface area contributed by atoms with Gasteiger partial charge in [0.05, 0.1) is 17.8 Å². The number of methoxy groups -OCH3 is 1. The van der Waals surface area contributed by atoms with Crippen molar-refractivity contribution in [2.75, 3.05) is 12.4 Å². The van der Waals surface area contributed by atoms with Gasteiger partial charge < -0.3 is 14.5 Å². The van der Waals surface area contributed by atoms with Crippen molar-refractivity contribution in [1.29, 1.82) is 0 Å². The van der Waals surface area contributed by atoms with Crippen LogP contribution >= 0.6 is 23.2 Å². The maximum absolute atomic E-state index is 11.9. The van der Waals surface area contributed by atoms with Crippen molar-refractivity contribution in [2.24, 2.45) is 0 Å². The lowest BCUT2D eigenvalue weighted by Gasteiger charge is -2.07. The predicted molar refractivity (Wildman–Crippen MR) is 75.9 cm³/mol. The number of hydrogen-bond donors (Lipinski definition) is 1. The van der Waals surface area contributed by atoms with Crippen LogP contribution in [0.3, 0.4) is 0 Å². The smallest absolute Gasteiger partial charge is 0.291 e. The van der Waals surface area contributed by atoms with E-state index >= 15 is 0 Å². The molecule has 104 valence electrons. The third-order valence-electron chi connectivity index (χ3n) is 2.42. The summed E-state index contributed by atoms with van der Waals surface area (Å²) >= 11 is 11.7. The number of carbonyl (C=O) groups excluding carboxylic acids is 1. The van der Waals surface area contributed by atoms with E-state index < -0.39 is 11.3 Å². The van der Waals surface area contributed by atoms with E-state index in [1.54, 1.807) is 12.1 Å². The van der Waals surface area contributed by atoms with Gasteiger partial charge in [0.25, 0.3) is 5.91 Å². The molecule has 0 spiro atoms. The fourth-order valence-corrected chi connectivity index (χ4v) is 1.78. The molecule has 0 saturated heterocycles. The summed E-state index contributed by atoms with van der Waals surface area (Å²) in [5.74, 6) is -0.761. The molecule has 0 fully saturated rings. The molecule has 1 N–H and O–H groups in total. The van der Waals surface area contributed by atoms with Crippen LogP contribution in [0, 0.1) is 0 Å². The van der Waals surface area contributed by atoms with Crippen molar-refractivity contribution in [3.63, 3.8) is 0 Å². The second-order valence-corrected chi connectivity index (χ2v) is 4.60. The minimum atomic E-state index is -0.617. The Labute approximate surface area is 124 Å². The monoisotopic (exact) mass is 313 g/mol. The summed E-state index contributed by atoms with van der Waals surface area (Å²) < 4.78 is 9.78. The number of anilines is 1. The van der Waals surface area contributed by atoms with Gasteiger partial charge in [0.2, 0.25) is 11.2 Å². The van der Waals surface area contributed by atoms with Crippen molar-refractivity contribution >= 4 is 34.8 Å². The molecule has 0 bridgehead atoms. The average molecular weight is 314 g/mol. The van der Waals surface area contributed by atoms with Crippen LogP contribution in [0.2, 0.25) is 10.0 Å². The molecule has 1 aromatic carbocycles. The maximum atomic E-state index is 11.9. The van der Waals surface area contributed by atoms with E-state index in [4.69, 9.17) is 32.4 Å². The van der Waals surface area contributed by atoms with E-state index in [9.17, 15) is 9.59 Å². The van der Waals surface area contributed by atoms with Crippen molar-refractivity contribution in [3.8, 4) is 5.75 Å². The van der Waals surface area contributed by atoms with Crippen LogP contribution in [0.4, 0.5) is 5.69 Å². The van der Waals surface area contributed by atoms with Crippen LogP contribution < -0.4 is 15.5 Å². The molecule has 1 heterocycles. The van der Waals surface area contributed by atoms with Gasteiger partial charge in [-0.05, 0) is 18.2 Å². The van der Waals surface area contributed by atoms with Gasteiger partial charge in [0.15, 0.2) is 5.76 Å². The van der Waals surface area contributed by atoms with Gasteiger partial charge in [-0.15, -0.1) is 0 Å². The lowest BCUT2D eigenvalue weighted by molar-refractivity contribution is 0.0993. The van der Waals surface area contributed by atoms with Gasteiger partial charge in [-0.3, -0.25) is 9.59 Å². The number of rotatable bonds is 3.